The zero-order valence-corrected chi connectivity index (χ0v) is 13.3. The van der Waals surface area contributed by atoms with Crippen molar-refractivity contribution in [2.75, 3.05) is 13.7 Å². The molecular formula is C14H20ClN5O2. The molecule has 0 spiro atoms. The minimum atomic E-state index is -0.660. The molecule has 0 bridgehead atoms. The average molecular weight is 326 g/mol. The fourth-order valence-electron chi connectivity index (χ4n) is 1.92. The molecule has 0 aliphatic heterocycles. The molecule has 2 unspecified atom stereocenters. The van der Waals surface area contributed by atoms with Crippen LogP contribution in [0.15, 0.2) is 36.7 Å². The number of nitrogens with two attached hydrogens (primary N) is 1. The lowest BCUT2D eigenvalue weighted by Crippen LogP contribution is -2.44. The maximum atomic E-state index is 11.8. The Hall–Kier alpha value is -1.96. The molecule has 2 rings (SSSR count). The summed E-state index contributed by atoms with van der Waals surface area (Å²) in [5, 5.41) is 10.5. The summed E-state index contributed by atoms with van der Waals surface area (Å²) in [5.74, 6) is -0.232. The maximum absolute atomic E-state index is 11.8. The second kappa shape index (κ2) is 8.47. The van der Waals surface area contributed by atoms with Gasteiger partial charge in [0, 0.05) is 7.11 Å². The lowest BCUT2D eigenvalue weighted by Gasteiger charge is -2.17. The van der Waals surface area contributed by atoms with Gasteiger partial charge in [0.05, 0.1) is 30.7 Å². The summed E-state index contributed by atoms with van der Waals surface area (Å²) in [5.41, 5.74) is 7.58. The molecule has 1 amide bonds. The molecule has 22 heavy (non-hydrogen) atoms. The van der Waals surface area contributed by atoms with E-state index >= 15 is 0 Å². The Kier molecular flexibility index (Phi) is 6.97. The van der Waals surface area contributed by atoms with Gasteiger partial charge in [-0.3, -0.25) is 4.79 Å². The van der Waals surface area contributed by atoms with Crippen LogP contribution in [-0.4, -0.2) is 40.7 Å². The molecule has 1 heterocycles. The Morgan fingerprint density at radius 3 is 2.64 bits per heavy atom. The van der Waals surface area contributed by atoms with Gasteiger partial charge in [-0.05, 0) is 24.6 Å². The van der Waals surface area contributed by atoms with Gasteiger partial charge in [-0.15, -0.1) is 17.5 Å². The number of methoxy groups -OCH3 is 1. The third kappa shape index (κ3) is 4.52. The minimum absolute atomic E-state index is 0. The third-order valence-corrected chi connectivity index (χ3v) is 3.12. The molecule has 1 aromatic carbocycles. The van der Waals surface area contributed by atoms with Gasteiger partial charge in [0.15, 0.2) is 0 Å². The molecule has 0 fully saturated rings. The number of benzene rings is 1. The third-order valence-electron chi connectivity index (χ3n) is 3.12. The Bertz CT molecular complexity index is 573. The van der Waals surface area contributed by atoms with E-state index in [0.717, 1.165) is 11.3 Å². The molecule has 0 radical (unpaired) electrons. The molecule has 0 saturated carbocycles. The normalized spacial score (nSPS) is 13.0. The van der Waals surface area contributed by atoms with Gasteiger partial charge in [-0.2, -0.15) is 0 Å². The molecule has 0 aliphatic rings. The van der Waals surface area contributed by atoms with E-state index < -0.39 is 6.04 Å². The van der Waals surface area contributed by atoms with Crippen molar-refractivity contribution in [1.29, 1.82) is 0 Å². The van der Waals surface area contributed by atoms with Crippen LogP contribution in [0.4, 0.5) is 0 Å². The van der Waals surface area contributed by atoms with Crippen molar-refractivity contribution in [3.63, 3.8) is 0 Å². The van der Waals surface area contributed by atoms with E-state index in [2.05, 4.69) is 15.6 Å². The number of hydrogen-bond donors (Lipinski definition) is 2. The SMILES string of the molecule is COCC(N)C(=O)NC(C)c1ccc(-n2ccnn2)cc1.Cl. The van der Waals surface area contributed by atoms with Gasteiger partial charge in [0.25, 0.3) is 0 Å². The zero-order valence-electron chi connectivity index (χ0n) is 12.5. The van der Waals surface area contributed by atoms with E-state index in [1.165, 1.54) is 7.11 Å². The summed E-state index contributed by atoms with van der Waals surface area (Å²) in [7, 11) is 1.51. The summed E-state index contributed by atoms with van der Waals surface area (Å²) in [6.45, 7) is 2.10. The number of aromatic nitrogens is 3. The topological polar surface area (TPSA) is 95.1 Å². The Labute approximate surface area is 135 Å². The van der Waals surface area contributed by atoms with Crippen LogP contribution in [0, 0.1) is 0 Å². The number of nitrogens with one attached hydrogen (secondary N) is 1. The quantitative estimate of drug-likeness (QED) is 0.820. The van der Waals surface area contributed by atoms with Crippen molar-refractivity contribution in [3.8, 4) is 5.69 Å². The summed E-state index contributed by atoms with van der Waals surface area (Å²) in [6, 6.07) is 6.91. The fourth-order valence-corrected chi connectivity index (χ4v) is 1.92. The van der Waals surface area contributed by atoms with E-state index in [0.29, 0.717) is 0 Å². The fraction of sp³-hybridized carbons (Fsp3) is 0.357. The van der Waals surface area contributed by atoms with Crippen molar-refractivity contribution in [1.82, 2.24) is 20.3 Å². The molecule has 2 atom stereocenters. The van der Waals surface area contributed by atoms with Crippen molar-refractivity contribution in [2.45, 2.75) is 19.0 Å². The molecule has 0 saturated heterocycles. The predicted molar refractivity (Wildman–Crippen MR) is 85.0 cm³/mol. The van der Waals surface area contributed by atoms with E-state index in [-0.39, 0.29) is 31.0 Å². The summed E-state index contributed by atoms with van der Waals surface area (Å²) < 4.78 is 6.54. The molecule has 3 N–H and O–H groups in total. The molecule has 7 nitrogen and oxygen atoms in total. The predicted octanol–water partition coefficient (Wildman–Crippen LogP) is 0.840. The van der Waals surface area contributed by atoms with Crippen molar-refractivity contribution in [2.24, 2.45) is 5.73 Å². The van der Waals surface area contributed by atoms with Gasteiger partial charge < -0.3 is 15.8 Å². The van der Waals surface area contributed by atoms with E-state index in [9.17, 15) is 4.79 Å². The number of ether oxygens (including phenoxy) is 1. The second-order valence-electron chi connectivity index (χ2n) is 4.73. The van der Waals surface area contributed by atoms with Gasteiger partial charge >= 0.3 is 0 Å². The highest BCUT2D eigenvalue weighted by atomic mass is 35.5. The minimum Gasteiger partial charge on any atom is -0.383 e. The number of rotatable bonds is 6. The van der Waals surface area contributed by atoms with E-state index in [1.54, 1.807) is 17.1 Å². The van der Waals surface area contributed by atoms with Crippen LogP contribution < -0.4 is 11.1 Å². The molecule has 120 valence electrons. The van der Waals surface area contributed by atoms with E-state index in [4.69, 9.17) is 10.5 Å². The highest BCUT2D eigenvalue weighted by Crippen LogP contribution is 2.15. The largest absolute Gasteiger partial charge is 0.383 e. The first-order valence-corrected chi connectivity index (χ1v) is 6.63. The lowest BCUT2D eigenvalue weighted by atomic mass is 10.1. The second-order valence-corrected chi connectivity index (χ2v) is 4.73. The van der Waals surface area contributed by atoms with E-state index in [1.807, 2.05) is 31.2 Å². The Morgan fingerprint density at radius 2 is 2.09 bits per heavy atom. The number of amides is 1. The van der Waals surface area contributed by atoms with Crippen molar-refractivity contribution in [3.05, 3.63) is 42.2 Å². The number of carbonyl (C=O) groups excluding carboxylic acids is 1. The monoisotopic (exact) mass is 325 g/mol. The zero-order chi connectivity index (χ0) is 15.2. The van der Waals surface area contributed by atoms with Gasteiger partial charge in [0.1, 0.15) is 6.04 Å². The van der Waals surface area contributed by atoms with Gasteiger partial charge in [-0.25, -0.2) is 4.68 Å². The molecule has 1 aromatic heterocycles. The Balaban J connectivity index is 0.00000242. The van der Waals surface area contributed by atoms with Crippen LogP contribution in [0.2, 0.25) is 0 Å². The highest BCUT2D eigenvalue weighted by Gasteiger charge is 2.16. The number of hydrogen-bond acceptors (Lipinski definition) is 5. The first kappa shape index (κ1) is 18.1. The number of halogens is 1. The first-order valence-electron chi connectivity index (χ1n) is 6.63. The smallest absolute Gasteiger partial charge is 0.239 e. The van der Waals surface area contributed by atoms with Crippen molar-refractivity contribution >= 4 is 18.3 Å². The van der Waals surface area contributed by atoms with Crippen LogP contribution in [-0.2, 0) is 9.53 Å². The van der Waals surface area contributed by atoms with Gasteiger partial charge in [-0.1, -0.05) is 17.3 Å². The molecular weight excluding hydrogens is 306 g/mol. The molecule has 0 aliphatic carbocycles. The summed E-state index contributed by atoms with van der Waals surface area (Å²) >= 11 is 0. The maximum Gasteiger partial charge on any atom is 0.239 e. The van der Waals surface area contributed by atoms with Crippen LogP contribution in [0.3, 0.4) is 0 Å². The standard InChI is InChI=1S/C14H19N5O2.ClH/c1-10(17-14(20)13(15)9-21-2)11-3-5-12(6-4-11)19-8-7-16-18-19;/h3-8,10,13H,9,15H2,1-2H3,(H,17,20);1H. The number of carbonyl (C=O) groups is 1. The first-order chi connectivity index (χ1) is 10.1. The summed E-state index contributed by atoms with van der Waals surface area (Å²) in [6.07, 6.45) is 3.39. The average Bonchev–Trinajstić information content (AvgIpc) is 3.01. The van der Waals surface area contributed by atoms with Crippen LogP contribution in [0.5, 0.6) is 0 Å². The molecule has 2 aromatic rings. The highest BCUT2D eigenvalue weighted by molar-refractivity contribution is 5.85. The Morgan fingerprint density at radius 1 is 1.41 bits per heavy atom. The van der Waals surface area contributed by atoms with Crippen LogP contribution >= 0.6 is 12.4 Å². The number of nitrogens with zero attached hydrogens (tertiary/aromatic N) is 3. The summed E-state index contributed by atoms with van der Waals surface area (Å²) in [4.78, 5) is 11.8. The van der Waals surface area contributed by atoms with Crippen LogP contribution in [0.25, 0.3) is 5.69 Å². The molecule has 8 heteroatoms. The van der Waals surface area contributed by atoms with Gasteiger partial charge in [0.2, 0.25) is 5.91 Å². The van der Waals surface area contributed by atoms with Crippen LogP contribution in [0.1, 0.15) is 18.5 Å². The van der Waals surface area contributed by atoms with Crippen molar-refractivity contribution < 1.29 is 9.53 Å². The lowest BCUT2D eigenvalue weighted by molar-refractivity contribution is -0.124.